The molecular weight excluding hydrogens is 240 g/mol. The van der Waals surface area contributed by atoms with Crippen LogP contribution in [-0.2, 0) is 11.3 Å². The summed E-state index contributed by atoms with van der Waals surface area (Å²) in [5.41, 5.74) is 7.02. The Morgan fingerprint density at radius 2 is 1.95 bits per heavy atom. The first kappa shape index (κ1) is 15.5. The Labute approximate surface area is 115 Å². The van der Waals surface area contributed by atoms with E-state index in [4.69, 9.17) is 10.5 Å². The smallest absolute Gasteiger partial charge is 0.239 e. The second-order valence-electron chi connectivity index (χ2n) is 4.95. The number of nitrogens with two attached hydrogens (primary N) is 1. The van der Waals surface area contributed by atoms with E-state index in [0.717, 1.165) is 17.7 Å². The van der Waals surface area contributed by atoms with Crippen LogP contribution in [0.3, 0.4) is 0 Å². The van der Waals surface area contributed by atoms with Gasteiger partial charge in [0.2, 0.25) is 5.91 Å². The van der Waals surface area contributed by atoms with Crippen molar-refractivity contribution in [2.75, 3.05) is 14.2 Å². The van der Waals surface area contributed by atoms with Crippen LogP contribution in [0.1, 0.15) is 25.8 Å². The maximum atomic E-state index is 12.1. The molecule has 0 aliphatic rings. The van der Waals surface area contributed by atoms with Crippen LogP contribution in [0.2, 0.25) is 0 Å². The summed E-state index contributed by atoms with van der Waals surface area (Å²) in [5, 5.41) is 0. The van der Waals surface area contributed by atoms with Crippen molar-refractivity contribution < 1.29 is 9.53 Å². The zero-order chi connectivity index (χ0) is 14.4. The summed E-state index contributed by atoms with van der Waals surface area (Å²) in [5.74, 6) is 1.00. The van der Waals surface area contributed by atoms with Crippen molar-refractivity contribution in [3.05, 3.63) is 29.8 Å². The van der Waals surface area contributed by atoms with Gasteiger partial charge in [0.1, 0.15) is 5.75 Å². The third-order valence-corrected chi connectivity index (χ3v) is 3.50. The number of hydrogen-bond acceptors (Lipinski definition) is 3. The summed E-state index contributed by atoms with van der Waals surface area (Å²) in [6, 6.07) is 7.27. The molecular formula is C15H24N2O2. The number of amides is 1. The summed E-state index contributed by atoms with van der Waals surface area (Å²) < 4.78 is 5.11. The van der Waals surface area contributed by atoms with Crippen molar-refractivity contribution in [3.63, 3.8) is 0 Å². The zero-order valence-electron chi connectivity index (χ0n) is 12.2. The second-order valence-corrected chi connectivity index (χ2v) is 4.95. The van der Waals surface area contributed by atoms with Crippen molar-refractivity contribution in [1.29, 1.82) is 0 Å². The minimum absolute atomic E-state index is 0.00910. The molecule has 0 saturated carbocycles. The SMILES string of the molecule is CCC(C)[C@H](N)C(=O)N(C)Cc1ccc(OC)cc1. The predicted octanol–water partition coefficient (Wildman–Crippen LogP) is 2.03. The fourth-order valence-electron chi connectivity index (χ4n) is 1.83. The summed E-state index contributed by atoms with van der Waals surface area (Å²) in [7, 11) is 3.42. The molecule has 106 valence electrons. The normalized spacial score (nSPS) is 13.7. The number of hydrogen-bond donors (Lipinski definition) is 1. The van der Waals surface area contributed by atoms with Gasteiger partial charge in [0.15, 0.2) is 0 Å². The van der Waals surface area contributed by atoms with Gasteiger partial charge < -0.3 is 15.4 Å². The standard InChI is InChI=1S/C15H24N2O2/c1-5-11(2)14(16)15(18)17(3)10-12-6-8-13(19-4)9-7-12/h6-9,11,14H,5,10,16H2,1-4H3/t11?,14-/m0/s1. The fourth-order valence-corrected chi connectivity index (χ4v) is 1.83. The Morgan fingerprint density at radius 1 is 1.37 bits per heavy atom. The summed E-state index contributed by atoms with van der Waals surface area (Å²) >= 11 is 0. The lowest BCUT2D eigenvalue weighted by atomic mass is 9.99. The lowest BCUT2D eigenvalue weighted by molar-refractivity contribution is -0.132. The minimum atomic E-state index is -0.423. The fraction of sp³-hybridized carbons (Fsp3) is 0.533. The Hall–Kier alpha value is -1.55. The molecule has 0 aliphatic heterocycles. The zero-order valence-corrected chi connectivity index (χ0v) is 12.2. The molecule has 19 heavy (non-hydrogen) atoms. The Bertz CT molecular complexity index is 403. The molecule has 0 saturated heterocycles. The second kappa shape index (κ2) is 7.14. The first-order chi connectivity index (χ1) is 8.99. The van der Waals surface area contributed by atoms with E-state index in [9.17, 15) is 4.79 Å². The van der Waals surface area contributed by atoms with Crippen LogP contribution in [0.5, 0.6) is 5.75 Å². The molecule has 0 radical (unpaired) electrons. The molecule has 1 rings (SSSR count). The van der Waals surface area contributed by atoms with Gasteiger partial charge in [-0.2, -0.15) is 0 Å². The van der Waals surface area contributed by atoms with Crippen LogP contribution in [-0.4, -0.2) is 31.0 Å². The molecule has 0 bridgehead atoms. The van der Waals surface area contributed by atoms with Crippen molar-refractivity contribution in [2.45, 2.75) is 32.9 Å². The third-order valence-electron chi connectivity index (χ3n) is 3.50. The Balaban J connectivity index is 2.62. The largest absolute Gasteiger partial charge is 0.497 e. The molecule has 0 fully saturated rings. The van der Waals surface area contributed by atoms with E-state index >= 15 is 0 Å². The first-order valence-electron chi connectivity index (χ1n) is 6.63. The van der Waals surface area contributed by atoms with E-state index in [1.54, 1.807) is 19.1 Å². The van der Waals surface area contributed by atoms with E-state index in [1.807, 2.05) is 38.1 Å². The van der Waals surface area contributed by atoms with Crippen LogP contribution < -0.4 is 10.5 Å². The molecule has 0 aromatic heterocycles. The Morgan fingerprint density at radius 3 is 2.42 bits per heavy atom. The van der Waals surface area contributed by atoms with Gasteiger partial charge in [-0.3, -0.25) is 4.79 Å². The molecule has 0 aliphatic carbocycles. The van der Waals surface area contributed by atoms with Gasteiger partial charge in [-0.25, -0.2) is 0 Å². The van der Waals surface area contributed by atoms with Crippen molar-refractivity contribution in [2.24, 2.45) is 11.7 Å². The number of benzene rings is 1. The number of likely N-dealkylation sites (N-methyl/N-ethyl adjacent to an activating group) is 1. The highest BCUT2D eigenvalue weighted by atomic mass is 16.5. The molecule has 0 spiro atoms. The van der Waals surface area contributed by atoms with Gasteiger partial charge in [-0.1, -0.05) is 32.4 Å². The van der Waals surface area contributed by atoms with Gasteiger partial charge in [-0.05, 0) is 23.6 Å². The van der Waals surface area contributed by atoms with Gasteiger partial charge in [-0.15, -0.1) is 0 Å². The number of carbonyl (C=O) groups excluding carboxylic acids is 1. The third kappa shape index (κ3) is 4.24. The minimum Gasteiger partial charge on any atom is -0.497 e. The average molecular weight is 264 g/mol. The van der Waals surface area contributed by atoms with Crippen LogP contribution in [0.15, 0.2) is 24.3 Å². The molecule has 4 heteroatoms. The summed E-state index contributed by atoms with van der Waals surface area (Å²) in [6.07, 6.45) is 0.906. The van der Waals surface area contributed by atoms with Crippen LogP contribution >= 0.6 is 0 Å². The lowest BCUT2D eigenvalue weighted by Gasteiger charge is -2.24. The van der Waals surface area contributed by atoms with Crippen molar-refractivity contribution in [3.8, 4) is 5.75 Å². The van der Waals surface area contributed by atoms with Gasteiger partial charge in [0.25, 0.3) is 0 Å². The summed E-state index contributed by atoms with van der Waals surface area (Å²) in [6.45, 7) is 4.61. The van der Waals surface area contributed by atoms with Gasteiger partial charge in [0.05, 0.1) is 13.2 Å². The average Bonchev–Trinajstić information content (AvgIpc) is 2.45. The Kier molecular flexibility index (Phi) is 5.83. The van der Waals surface area contributed by atoms with Crippen LogP contribution in [0.25, 0.3) is 0 Å². The lowest BCUT2D eigenvalue weighted by Crippen LogP contribution is -2.45. The topological polar surface area (TPSA) is 55.6 Å². The maximum absolute atomic E-state index is 12.1. The summed E-state index contributed by atoms with van der Waals surface area (Å²) in [4.78, 5) is 13.8. The highest BCUT2D eigenvalue weighted by Crippen LogP contribution is 2.14. The van der Waals surface area contributed by atoms with Crippen molar-refractivity contribution in [1.82, 2.24) is 4.90 Å². The van der Waals surface area contributed by atoms with Gasteiger partial charge >= 0.3 is 0 Å². The molecule has 2 atom stereocenters. The van der Waals surface area contributed by atoms with E-state index in [0.29, 0.717) is 6.54 Å². The maximum Gasteiger partial charge on any atom is 0.239 e. The highest BCUT2D eigenvalue weighted by molar-refractivity contribution is 5.81. The monoisotopic (exact) mass is 264 g/mol. The molecule has 2 N–H and O–H groups in total. The van der Waals surface area contributed by atoms with Crippen LogP contribution in [0, 0.1) is 5.92 Å². The molecule has 1 amide bonds. The number of ether oxygens (including phenoxy) is 1. The molecule has 1 aromatic carbocycles. The van der Waals surface area contributed by atoms with E-state index in [2.05, 4.69) is 0 Å². The van der Waals surface area contributed by atoms with E-state index in [1.165, 1.54) is 0 Å². The van der Waals surface area contributed by atoms with Gasteiger partial charge in [0, 0.05) is 13.6 Å². The predicted molar refractivity (Wildman–Crippen MR) is 76.9 cm³/mol. The van der Waals surface area contributed by atoms with E-state index < -0.39 is 6.04 Å². The molecule has 1 aromatic rings. The molecule has 4 nitrogen and oxygen atoms in total. The number of methoxy groups -OCH3 is 1. The van der Waals surface area contributed by atoms with Crippen molar-refractivity contribution >= 4 is 5.91 Å². The first-order valence-corrected chi connectivity index (χ1v) is 6.63. The van der Waals surface area contributed by atoms with E-state index in [-0.39, 0.29) is 11.8 Å². The number of nitrogens with zero attached hydrogens (tertiary/aromatic N) is 1. The molecule has 0 heterocycles. The highest BCUT2D eigenvalue weighted by Gasteiger charge is 2.22. The molecule has 1 unspecified atom stereocenters. The quantitative estimate of drug-likeness (QED) is 0.855. The number of rotatable bonds is 6. The number of carbonyl (C=O) groups is 1. The van der Waals surface area contributed by atoms with Crippen LogP contribution in [0.4, 0.5) is 0 Å².